The zero-order valence-corrected chi connectivity index (χ0v) is 22.9. The summed E-state index contributed by atoms with van der Waals surface area (Å²) in [6.07, 6.45) is 1.93. The highest BCUT2D eigenvalue weighted by Gasteiger charge is 2.24. The number of carbonyl (C=O) groups excluding carboxylic acids is 1. The molecule has 210 valence electrons. The van der Waals surface area contributed by atoms with E-state index in [-0.39, 0.29) is 52.4 Å². The van der Waals surface area contributed by atoms with Gasteiger partial charge < -0.3 is 26.4 Å². The number of nitrogens with one attached hydrogen (secondary N) is 1. The fourth-order valence-corrected chi connectivity index (χ4v) is 4.92. The monoisotopic (exact) mass is 553 g/mol. The predicted molar refractivity (Wildman–Crippen MR) is 155 cm³/mol. The molecule has 3 heterocycles. The molecule has 0 saturated carbocycles. The number of fused-ring (bicyclic) bond motifs is 1. The van der Waals surface area contributed by atoms with Crippen molar-refractivity contribution in [3.05, 3.63) is 70.3 Å². The normalized spacial score (nSPS) is 14.4. The number of anilines is 3. The van der Waals surface area contributed by atoms with Crippen molar-refractivity contribution in [2.45, 2.75) is 32.7 Å². The SMILES string of the molecule is CC1CCN(C(=O)COc2cccc3nc(C(C)Nc4nc(N)nc(N)c4C#N)n(-c4ccccc4)c(=O)c23)CC1. The van der Waals surface area contributed by atoms with Crippen molar-refractivity contribution in [2.24, 2.45) is 5.92 Å². The molecule has 1 aliphatic rings. The number of hydrogen-bond acceptors (Lipinski definition) is 10. The number of hydrogen-bond donors (Lipinski definition) is 3. The van der Waals surface area contributed by atoms with E-state index in [1.807, 2.05) is 24.3 Å². The van der Waals surface area contributed by atoms with Gasteiger partial charge in [-0.15, -0.1) is 0 Å². The first-order valence-electron chi connectivity index (χ1n) is 13.4. The van der Waals surface area contributed by atoms with Crippen LogP contribution in [0.3, 0.4) is 0 Å². The summed E-state index contributed by atoms with van der Waals surface area (Å²) < 4.78 is 7.42. The molecule has 5 rings (SSSR count). The second-order valence-corrected chi connectivity index (χ2v) is 10.1. The lowest BCUT2D eigenvalue weighted by atomic mass is 9.99. The molecule has 0 aliphatic carbocycles. The molecule has 0 radical (unpaired) electrons. The summed E-state index contributed by atoms with van der Waals surface area (Å²) >= 11 is 0. The minimum absolute atomic E-state index is 0.0314. The summed E-state index contributed by atoms with van der Waals surface area (Å²) in [4.78, 5) is 41.6. The smallest absolute Gasteiger partial charge is 0.269 e. The lowest BCUT2D eigenvalue weighted by Crippen LogP contribution is -2.40. The second kappa shape index (κ2) is 11.5. The summed E-state index contributed by atoms with van der Waals surface area (Å²) in [6, 6.07) is 15.5. The van der Waals surface area contributed by atoms with Crippen molar-refractivity contribution in [1.29, 1.82) is 5.26 Å². The number of nitrogens with two attached hydrogens (primary N) is 2. The maximum atomic E-state index is 14.1. The number of nitrogens with zero attached hydrogens (tertiary/aromatic N) is 6. The van der Waals surface area contributed by atoms with Crippen LogP contribution < -0.4 is 27.1 Å². The van der Waals surface area contributed by atoms with E-state index in [0.717, 1.165) is 12.8 Å². The Kier molecular flexibility index (Phi) is 7.69. The topological polar surface area (TPSA) is 178 Å². The van der Waals surface area contributed by atoms with E-state index in [4.69, 9.17) is 21.2 Å². The molecule has 0 bridgehead atoms. The molecule has 2 aromatic carbocycles. The van der Waals surface area contributed by atoms with E-state index in [1.54, 1.807) is 42.2 Å². The Hall–Kier alpha value is -5.18. The van der Waals surface area contributed by atoms with Gasteiger partial charge in [0.2, 0.25) is 5.95 Å². The molecule has 5 N–H and O–H groups in total. The van der Waals surface area contributed by atoms with E-state index < -0.39 is 6.04 Å². The molecular weight excluding hydrogens is 522 g/mol. The molecule has 2 aromatic heterocycles. The van der Waals surface area contributed by atoms with E-state index in [2.05, 4.69) is 22.2 Å². The Morgan fingerprint density at radius 1 is 1.12 bits per heavy atom. The number of carbonyl (C=O) groups is 1. The third-order valence-electron chi connectivity index (χ3n) is 7.19. The van der Waals surface area contributed by atoms with Gasteiger partial charge in [-0.25, -0.2) is 4.98 Å². The number of aromatic nitrogens is 4. The highest BCUT2D eigenvalue weighted by atomic mass is 16.5. The fourth-order valence-electron chi connectivity index (χ4n) is 4.92. The molecule has 41 heavy (non-hydrogen) atoms. The van der Waals surface area contributed by atoms with Gasteiger partial charge in [-0.05, 0) is 49.9 Å². The van der Waals surface area contributed by atoms with Crippen LogP contribution in [0.5, 0.6) is 5.75 Å². The molecule has 1 aliphatic heterocycles. The molecule has 12 heteroatoms. The first-order chi connectivity index (χ1) is 19.8. The summed E-state index contributed by atoms with van der Waals surface area (Å²) in [5.74, 6) is 1.08. The molecule has 4 aromatic rings. The zero-order chi connectivity index (χ0) is 29.1. The number of benzene rings is 2. The van der Waals surface area contributed by atoms with Gasteiger partial charge in [0.1, 0.15) is 34.4 Å². The number of piperidine rings is 1. The average molecular weight is 554 g/mol. The van der Waals surface area contributed by atoms with Crippen LogP contribution in [-0.4, -0.2) is 50.0 Å². The molecule has 1 saturated heterocycles. The van der Waals surface area contributed by atoms with Crippen molar-refractivity contribution < 1.29 is 9.53 Å². The van der Waals surface area contributed by atoms with Crippen molar-refractivity contribution in [1.82, 2.24) is 24.4 Å². The van der Waals surface area contributed by atoms with Crippen LogP contribution in [0.1, 0.15) is 44.1 Å². The number of ether oxygens (including phenoxy) is 1. The largest absolute Gasteiger partial charge is 0.483 e. The van der Waals surface area contributed by atoms with Gasteiger partial charge in [-0.1, -0.05) is 31.2 Å². The average Bonchev–Trinajstić information content (AvgIpc) is 2.96. The van der Waals surface area contributed by atoms with Gasteiger partial charge in [0, 0.05) is 13.1 Å². The molecule has 0 spiro atoms. The Bertz CT molecular complexity index is 1690. The Morgan fingerprint density at radius 2 is 1.85 bits per heavy atom. The minimum atomic E-state index is -0.624. The second-order valence-electron chi connectivity index (χ2n) is 10.1. The van der Waals surface area contributed by atoms with Crippen LogP contribution in [-0.2, 0) is 4.79 Å². The highest BCUT2D eigenvalue weighted by Crippen LogP contribution is 2.28. The summed E-state index contributed by atoms with van der Waals surface area (Å²) in [5.41, 5.74) is 12.3. The molecule has 1 unspecified atom stereocenters. The summed E-state index contributed by atoms with van der Waals surface area (Å²) in [7, 11) is 0. The van der Waals surface area contributed by atoms with Crippen LogP contribution in [0.2, 0.25) is 0 Å². The molecule has 1 amide bonds. The van der Waals surface area contributed by atoms with E-state index >= 15 is 0 Å². The van der Waals surface area contributed by atoms with Crippen molar-refractivity contribution in [3.8, 4) is 17.5 Å². The van der Waals surface area contributed by atoms with Crippen molar-refractivity contribution >= 4 is 34.4 Å². The van der Waals surface area contributed by atoms with Crippen LogP contribution in [0, 0.1) is 17.2 Å². The third kappa shape index (κ3) is 5.60. The van der Waals surface area contributed by atoms with Crippen LogP contribution in [0.4, 0.5) is 17.6 Å². The number of likely N-dealkylation sites (tertiary alicyclic amines) is 1. The quantitative estimate of drug-likeness (QED) is 0.308. The molecule has 12 nitrogen and oxygen atoms in total. The van der Waals surface area contributed by atoms with Crippen LogP contribution in [0.15, 0.2) is 53.3 Å². The lowest BCUT2D eigenvalue weighted by Gasteiger charge is -2.30. The first kappa shape index (κ1) is 27.4. The number of rotatable bonds is 7. The first-order valence-corrected chi connectivity index (χ1v) is 13.4. The predicted octanol–water partition coefficient (Wildman–Crippen LogP) is 3.02. The van der Waals surface area contributed by atoms with Gasteiger partial charge in [-0.3, -0.25) is 14.2 Å². The number of nitriles is 1. The Labute approximate surface area is 236 Å². The van der Waals surface area contributed by atoms with Crippen LogP contribution >= 0.6 is 0 Å². The molecule has 1 atom stereocenters. The van der Waals surface area contributed by atoms with Crippen molar-refractivity contribution in [3.63, 3.8) is 0 Å². The third-order valence-corrected chi connectivity index (χ3v) is 7.19. The van der Waals surface area contributed by atoms with Gasteiger partial charge in [-0.2, -0.15) is 15.2 Å². The van der Waals surface area contributed by atoms with Crippen LogP contribution in [0.25, 0.3) is 16.6 Å². The van der Waals surface area contributed by atoms with Crippen molar-refractivity contribution in [2.75, 3.05) is 36.5 Å². The van der Waals surface area contributed by atoms with Gasteiger partial charge in [0.25, 0.3) is 11.5 Å². The van der Waals surface area contributed by atoms with E-state index in [9.17, 15) is 14.9 Å². The molecule has 1 fully saturated rings. The number of nitrogen functional groups attached to an aromatic ring is 2. The lowest BCUT2D eigenvalue weighted by molar-refractivity contribution is -0.134. The summed E-state index contributed by atoms with van der Waals surface area (Å²) in [6.45, 7) is 5.19. The Morgan fingerprint density at radius 3 is 2.56 bits per heavy atom. The number of amides is 1. The number of para-hydroxylation sites is 1. The maximum absolute atomic E-state index is 14.1. The van der Waals surface area contributed by atoms with Gasteiger partial charge in [0.05, 0.1) is 17.2 Å². The zero-order valence-electron chi connectivity index (χ0n) is 22.9. The highest BCUT2D eigenvalue weighted by molar-refractivity contribution is 5.85. The van der Waals surface area contributed by atoms with E-state index in [0.29, 0.717) is 36.0 Å². The maximum Gasteiger partial charge on any atom is 0.269 e. The fraction of sp³-hybridized carbons (Fsp3) is 0.310. The van der Waals surface area contributed by atoms with Gasteiger partial charge in [0.15, 0.2) is 12.4 Å². The molecular formula is C29H31N9O3. The van der Waals surface area contributed by atoms with E-state index in [1.165, 1.54) is 4.57 Å². The summed E-state index contributed by atoms with van der Waals surface area (Å²) in [5, 5.41) is 13.0. The van der Waals surface area contributed by atoms with Gasteiger partial charge >= 0.3 is 0 Å². The minimum Gasteiger partial charge on any atom is -0.483 e. The Balaban J connectivity index is 1.55. The standard InChI is InChI=1S/C29H31N9O3/c1-17-11-13-37(14-12-17)23(39)16-41-22-10-6-9-21-24(22)28(40)38(19-7-4-3-5-8-19)27(34-21)18(2)33-26-20(15-30)25(31)35-29(32)36-26/h3-10,17-18H,11-14,16H2,1-2H3,(H5,31,32,33,35,36).